The number of para-hydroxylation sites is 1. The molecule has 2 heterocycles. The predicted octanol–water partition coefficient (Wildman–Crippen LogP) is 2.47. The average molecular weight is 323 g/mol. The minimum absolute atomic E-state index is 0.293. The van der Waals surface area contributed by atoms with Crippen LogP contribution in [-0.2, 0) is 6.54 Å². The quantitative estimate of drug-likeness (QED) is 0.723. The number of nitrogens with zero attached hydrogens (tertiary/aromatic N) is 3. The number of ether oxygens (including phenoxy) is 1. The lowest BCUT2D eigenvalue weighted by atomic mass is 10.0. The van der Waals surface area contributed by atoms with Crippen LogP contribution in [0.25, 0.3) is 0 Å². The van der Waals surface area contributed by atoms with Gasteiger partial charge in [0.05, 0.1) is 7.11 Å². The molecule has 1 atom stereocenters. The molecule has 0 amide bonds. The van der Waals surface area contributed by atoms with E-state index in [1.807, 2.05) is 24.3 Å². The molecule has 7 nitrogen and oxygen atoms in total. The Kier molecular flexibility index (Phi) is 4.59. The van der Waals surface area contributed by atoms with Crippen LogP contribution >= 0.6 is 0 Å². The Morgan fingerprint density at radius 2 is 2.25 bits per heavy atom. The maximum atomic E-state index is 8.90. The smallest absolute Gasteiger partial charge is 0.223 e. The summed E-state index contributed by atoms with van der Waals surface area (Å²) in [5.74, 6) is 1.78. The number of nitrogens with one attached hydrogen (secondary N) is 2. The van der Waals surface area contributed by atoms with Gasteiger partial charge in [-0.05, 0) is 17.7 Å². The molecule has 0 saturated heterocycles. The molecule has 7 heteroatoms. The van der Waals surface area contributed by atoms with E-state index in [9.17, 15) is 0 Å². The number of hydrogen-bond donors (Lipinski definition) is 2. The minimum atomic E-state index is -0.293. The van der Waals surface area contributed by atoms with Crippen molar-refractivity contribution in [3.63, 3.8) is 0 Å². The van der Waals surface area contributed by atoms with E-state index in [1.165, 1.54) is 0 Å². The maximum absolute atomic E-state index is 8.90. The molecule has 3 rings (SSSR count). The summed E-state index contributed by atoms with van der Waals surface area (Å²) in [6.45, 7) is 2.29. The van der Waals surface area contributed by atoms with Gasteiger partial charge in [-0.25, -0.2) is 0 Å². The van der Waals surface area contributed by atoms with Crippen LogP contribution < -0.4 is 10.1 Å². The Bertz CT molecular complexity index is 862. The van der Waals surface area contributed by atoms with Gasteiger partial charge < -0.3 is 14.2 Å². The molecule has 0 aliphatic carbocycles. The molecule has 0 saturated carbocycles. The normalized spacial score (nSPS) is 11.9. The van der Waals surface area contributed by atoms with Crippen LogP contribution in [0.2, 0.25) is 0 Å². The van der Waals surface area contributed by atoms with E-state index in [0.29, 0.717) is 24.0 Å². The number of aryl methyl sites for hydroxylation is 1. The van der Waals surface area contributed by atoms with E-state index >= 15 is 0 Å². The SMILES string of the molecule is COc1ccccc1C(NCc1c[nH]c(C#N)c1)c1noc(C)n1. The van der Waals surface area contributed by atoms with Gasteiger partial charge in [0.15, 0.2) is 5.82 Å². The summed E-state index contributed by atoms with van der Waals surface area (Å²) in [6, 6.07) is 11.3. The van der Waals surface area contributed by atoms with Gasteiger partial charge in [-0.2, -0.15) is 10.2 Å². The van der Waals surface area contributed by atoms with E-state index in [-0.39, 0.29) is 6.04 Å². The molecule has 0 bridgehead atoms. The van der Waals surface area contributed by atoms with Crippen molar-refractivity contribution >= 4 is 0 Å². The van der Waals surface area contributed by atoms with Crippen LogP contribution in [0.3, 0.4) is 0 Å². The molecule has 2 N–H and O–H groups in total. The topological polar surface area (TPSA) is 99.8 Å². The molecule has 24 heavy (non-hydrogen) atoms. The number of aromatic nitrogens is 3. The predicted molar refractivity (Wildman–Crippen MR) is 86.2 cm³/mol. The molecular formula is C17H17N5O2. The summed E-state index contributed by atoms with van der Waals surface area (Å²) < 4.78 is 10.6. The fraction of sp³-hybridized carbons (Fsp3) is 0.235. The van der Waals surface area contributed by atoms with E-state index in [0.717, 1.165) is 16.9 Å². The fourth-order valence-electron chi connectivity index (χ4n) is 2.50. The van der Waals surface area contributed by atoms with Crippen molar-refractivity contribution < 1.29 is 9.26 Å². The number of nitriles is 1. The molecule has 3 aromatic rings. The first kappa shape index (κ1) is 15.8. The molecular weight excluding hydrogens is 306 g/mol. The van der Waals surface area contributed by atoms with Gasteiger partial charge in [0.1, 0.15) is 23.6 Å². The Hall–Kier alpha value is -3.11. The second-order valence-electron chi connectivity index (χ2n) is 5.26. The van der Waals surface area contributed by atoms with E-state index in [4.69, 9.17) is 14.5 Å². The highest BCUT2D eigenvalue weighted by Crippen LogP contribution is 2.28. The summed E-state index contributed by atoms with van der Waals surface area (Å²) in [6.07, 6.45) is 1.80. The summed E-state index contributed by atoms with van der Waals surface area (Å²) in [5, 5.41) is 16.3. The first-order valence-electron chi connectivity index (χ1n) is 7.45. The second kappa shape index (κ2) is 6.98. The van der Waals surface area contributed by atoms with Crippen molar-refractivity contribution in [1.82, 2.24) is 20.4 Å². The third-order valence-corrected chi connectivity index (χ3v) is 3.62. The summed E-state index contributed by atoms with van der Waals surface area (Å²) in [7, 11) is 1.63. The number of benzene rings is 1. The van der Waals surface area contributed by atoms with Gasteiger partial charge in [0.2, 0.25) is 5.89 Å². The number of aromatic amines is 1. The van der Waals surface area contributed by atoms with Gasteiger partial charge in [0.25, 0.3) is 0 Å². The highest BCUT2D eigenvalue weighted by Gasteiger charge is 2.22. The second-order valence-corrected chi connectivity index (χ2v) is 5.26. The molecule has 0 aliphatic heterocycles. The van der Waals surface area contributed by atoms with Crippen molar-refractivity contribution in [2.45, 2.75) is 19.5 Å². The fourth-order valence-corrected chi connectivity index (χ4v) is 2.50. The van der Waals surface area contributed by atoms with Crippen LogP contribution in [0, 0.1) is 18.3 Å². The minimum Gasteiger partial charge on any atom is -0.496 e. The Labute approximate surface area is 139 Å². The highest BCUT2D eigenvalue weighted by molar-refractivity contribution is 5.39. The molecule has 1 unspecified atom stereocenters. The Balaban J connectivity index is 1.89. The summed E-state index contributed by atoms with van der Waals surface area (Å²) in [5.41, 5.74) is 2.40. The molecule has 0 spiro atoms. The van der Waals surface area contributed by atoms with Crippen LogP contribution in [0.15, 0.2) is 41.1 Å². The van der Waals surface area contributed by atoms with Crippen molar-refractivity contribution in [3.8, 4) is 11.8 Å². The number of rotatable bonds is 6. The maximum Gasteiger partial charge on any atom is 0.223 e. The standard InChI is InChI=1S/C17H17N5O2/c1-11-21-17(22-24-11)16(14-5-3-4-6-15(14)23-2)20-10-12-7-13(8-18)19-9-12/h3-7,9,16,19-20H,10H2,1-2H3. The molecule has 122 valence electrons. The zero-order valence-electron chi connectivity index (χ0n) is 13.4. The van der Waals surface area contributed by atoms with Crippen LogP contribution in [0.4, 0.5) is 0 Å². The van der Waals surface area contributed by atoms with E-state index in [2.05, 4.69) is 26.5 Å². The van der Waals surface area contributed by atoms with E-state index < -0.39 is 0 Å². The van der Waals surface area contributed by atoms with Crippen molar-refractivity contribution in [3.05, 3.63) is 65.1 Å². The van der Waals surface area contributed by atoms with Crippen molar-refractivity contribution in [2.24, 2.45) is 0 Å². The first-order chi connectivity index (χ1) is 11.7. The largest absolute Gasteiger partial charge is 0.496 e. The Morgan fingerprint density at radius 1 is 1.42 bits per heavy atom. The molecule has 0 fully saturated rings. The van der Waals surface area contributed by atoms with Crippen LogP contribution in [-0.4, -0.2) is 22.2 Å². The molecule has 2 aromatic heterocycles. The highest BCUT2D eigenvalue weighted by atomic mass is 16.5. The number of hydrogen-bond acceptors (Lipinski definition) is 6. The lowest BCUT2D eigenvalue weighted by molar-refractivity contribution is 0.377. The molecule has 0 radical (unpaired) electrons. The first-order valence-corrected chi connectivity index (χ1v) is 7.45. The summed E-state index contributed by atoms with van der Waals surface area (Å²) >= 11 is 0. The Morgan fingerprint density at radius 3 is 2.92 bits per heavy atom. The van der Waals surface area contributed by atoms with Gasteiger partial charge in [-0.1, -0.05) is 23.4 Å². The third kappa shape index (κ3) is 3.29. The monoisotopic (exact) mass is 323 g/mol. The zero-order chi connectivity index (χ0) is 16.9. The number of H-pyrrole nitrogens is 1. The third-order valence-electron chi connectivity index (χ3n) is 3.62. The summed E-state index contributed by atoms with van der Waals surface area (Å²) in [4.78, 5) is 7.25. The number of methoxy groups -OCH3 is 1. The average Bonchev–Trinajstić information content (AvgIpc) is 3.24. The van der Waals surface area contributed by atoms with Gasteiger partial charge in [0, 0.05) is 25.2 Å². The van der Waals surface area contributed by atoms with E-state index in [1.54, 1.807) is 26.3 Å². The lowest BCUT2D eigenvalue weighted by Gasteiger charge is -2.18. The van der Waals surface area contributed by atoms with Gasteiger partial charge in [-0.3, -0.25) is 5.32 Å². The lowest BCUT2D eigenvalue weighted by Crippen LogP contribution is -2.23. The van der Waals surface area contributed by atoms with Crippen molar-refractivity contribution in [1.29, 1.82) is 5.26 Å². The molecule has 0 aliphatic rings. The van der Waals surface area contributed by atoms with Crippen LogP contribution in [0.5, 0.6) is 5.75 Å². The van der Waals surface area contributed by atoms with Gasteiger partial charge in [-0.15, -0.1) is 0 Å². The zero-order valence-corrected chi connectivity index (χ0v) is 13.4. The van der Waals surface area contributed by atoms with Gasteiger partial charge >= 0.3 is 0 Å². The van der Waals surface area contributed by atoms with Crippen LogP contribution in [0.1, 0.15) is 34.6 Å². The molecule has 1 aromatic carbocycles. The van der Waals surface area contributed by atoms with Crippen molar-refractivity contribution in [2.75, 3.05) is 7.11 Å².